The van der Waals surface area contributed by atoms with Crippen molar-refractivity contribution in [2.24, 2.45) is 5.92 Å². The number of aliphatic hydroxyl groups excluding tert-OH is 1. The number of aromatic nitrogens is 2. The quantitative estimate of drug-likeness (QED) is 0.826. The summed E-state index contributed by atoms with van der Waals surface area (Å²) < 4.78 is 0. The number of nitrogens with zero attached hydrogens (tertiary/aromatic N) is 2. The molecule has 0 amide bonds. The van der Waals surface area contributed by atoms with Crippen LogP contribution in [0.15, 0.2) is 12.5 Å². The summed E-state index contributed by atoms with van der Waals surface area (Å²) in [6.07, 6.45) is 5.91. The monoisotopic (exact) mass is 227 g/mol. The number of anilines is 1. The molecule has 1 aromatic rings. The van der Waals surface area contributed by atoms with Crippen LogP contribution < -0.4 is 5.32 Å². The van der Waals surface area contributed by atoms with Crippen molar-refractivity contribution >= 4 is 17.4 Å². The molecule has 0 aliphatic heterocycles. The standard InChI is InChI=1S/C10H14ClN3O/c11-8-5-12-6-14-10(8)13-4-7-2-1-3-9(7)15/h5-7,9,15H,1-4H2,(H,12,13,14). The molecule has 2 atom stereocenters. The number of rotatable bonds is 3. The van der Waals surface area contributed by atoms with Crippen molar-refractivity contribution in [3.63, 3.8) is 0 Å². The highest BCUT2D eigenvalue weighted by Crippen LogP contribution is 2.26. The summed E-state index contributed by atoms with van der Waals surface area (Å²) in [5, 5.41) is 13.3. The fraction of sp³-hybridized carbons (Fsp3) is 0.600. The molecule has 1 saturated carbocycles. The molecule has 1 aliphatic rings. The Kier molecular flexibility index (Phi) is 3.38. The highest BCUT2D eigenvalue weighted by atomic mass is 35.5. The summed E-state index contributed by atoms with van der Waals surface area (Å²) in [5.74, 6) is 0.960. The number of nitrogens with one attached hydrogen (secondary N) is 1. The molecule has 2 N–H and O–H groups in total. The fourth-order valence-corrected chi connectivity index (χ4v) is 2.10. The first-order valence-corrected chi connectivity index (χ1v) is 5.52. The van der Waals surface area contributed by atoms with Crippen LogP contribution in [0, 0.1) is 5.92 Å². The molecule has 82 valence electrons. The van der Waals surface area contributed by atoms with Crippen molar-refractivity contribution in [3.8, 4) is 0 Å². The summed E-state index contributed by atoms with van der Waals surface area (Å²) in [6, 6.07) is 0. The minimum absolute atomic E-state index is 0.182. The van der Waals surface area contributed by atoms with Crippen LogP contribution >= 0.6 is 11.6 Å². The molecule has 1 fully saturated rings. The van der Waals surface area contributed by atoms with Crippen LogP contribution in [0.1, 0.15) is 19.3 Å². The van der Waals surface area contributed by atoms with Gasteiger partial charge in [0, 0.05) is 12.5 Å². The van der Waals surface area contributed by atoms with E-state index < -0.39 is 0 Å². The molecule has 2 unspecified atom stereocenters. The molecule has 5 heteroatoms. The van der Waals surface area contributed by atoms with E-state index in [-0.39, 0.29) is 6.10 Å². The van der Waals surface area contributed by atoms with E-state index in [1.807, 2.05) is 0 Å². The van der Waals surface area contributed by atoms with Gasteiger partial charge in [-0.1, -0.05) is 18.0 Å². The van der Waals surface area contributed by atoms with Crippen LogP contribution in [0.5, 0.6) is 0 Å². The molecular weight excluding hydrogens is 214 g/mol. The molecule has 1 aliphatic carbocycles. The van der Waals surface area contributed by atoms with Crippen molar-refractivity contribution in [2.45, 2.75) is 25.4 Å². The van der Waals surface area contributed by atoms with Crippen molar-refractivity contribution in [1.29, 1.82) is 0 Å². The largest absolute Gasteiger partial charge is 0.393 e. The van der Waals surface area contributed by atoms with Crippen LogP contribution in [-0.4, -0.2) is 27.7 Å². The summed E-state index contributed by atoms with van der Waals surface area (Å²) in [5.41, 5.74) is 0. The Hall–Kier alpha value is -0.870. The molecule has 0 bridgehead atoms. The summed E-state index contributed by atoms with van der Waals surface area (Å²) in [6.45, 7) is 0.720. The van der Waals surface area contributed by atoms with Crippen LogP contribution in [-0.2, 0) is 0 Å². The molecule has 0 aromatic carbocycles. The molecular formula is C10H14ClN3O. The zero-order valence-electron chi connectivity index (χ0n) is 8.36. The van der Waals surface area contributed by atoms with E-state index in [1.54, 1.807) is 6.20 Å². The molecule has 1 aromatic heterocycles. The van der Waals surface area contributed by atoms with Gasteiger partial charge in [-0.25, -0.2) is 9.97 Å². The van der Waals surface area contributed by atoms with Gasteiger partial charge in [-0.3, -0.25) is 0 Å². The first-order chi connectivity index (χ1) is 7.27. The molecule has 0 radical (unpaired) electrons. The van der Waals surface area contributed by atoms with E-state index in [9.17, 15) is 5.11 Å². The third-order valence-electron chi connectivity index (χ3n) is 2.82. The Morgan fingerprint density at radius 1 is 1.53 bits per heavy atom. The Bertz CT molecular complexity index is 334. The molecule has 0 spiro atoms. The lowest BCUT2D eigenvalue weighted by molar-refractivity contribution is 0.138. The summed E-state index contributed by atoms with van der Waals surface area (Å²) in [7, 11) is 0. The van der Waals surface area contributed by atoms with Gasteiger partial charge in [0.15, 0.2) is 0 Å². The number of halogens is 1. The minimum Gasteiger partial charge on any atom is -0.393 e. The van der Waals surface area contributed by atoms with Crippen molar-refractivity contribution in [2.75, 3.05) is 11.9 Å². The zero-order chi connectivity index (χ0) is 10.7. The van der Waals surface area contributed by atoms with Gasteiger partial charge >= 0.3 is 0 Å². The van der Waals surface area contributed by atoms with Gasteiger partial charge in [-0.2, -0.15) is 0 Å². The van der Waals surface area contributed by atoms with E-state index in [4.69, 9.17) is 11.6 Å². The lowest BCUT2D eigenvalue weighted by Crippen LogP contribution is -2.22. The maximum atomic E-state index is 9.63. The first kappa shape index (κ1) is 10.6. The van der Waals surface area contributed by atoms with Crippen molar-refractivity contribution in [3.05, 3.63) is 17.5 Å². The third-order valence-corrected chi connectivity index (χ3v) is 3.09. The highest BCUT2D eigenvalue weighted by Gasteiger charge is 2.24. The van der Waals surface area contributed by atoms with Gasteiger partial charge in [0.25, 0.3) is 0 Å². The number of hydrogen-bond donors (Lipinski definition) is 2. The van der Waals surface area contributed by atoms with Crippen LogP contribution in [0.25, 0.3) is 0 Å². The maximum absolute atomic E-state index is 9.63. The van der Waals surface area contributed by atoms with E-state index >= 15 is 0 Å². The van der Waals surface area contributed by atoms with Crippen LogP contribution in [0.4, 0.5) is 5.82 Å². The van der Waals surface area contributed by atoms with Gasteiger partial charge < -0.3 is 10.4 Å². The van der Waals surface area contributed by atoms with Gasteiger partial charge in [0.2, 0.25) is 0 Å². The fourth-order valence-electron chi connectivity index (χ4n) is 1.93. The van der Waals surface area contributed by atoms with Gasteiger partial charge in [0.05, 0.1) is 12.3 Å². The summed E-state index contributed by atoms with van der Waals surface area (Å²) >= 11 is 5.90. The van der Waals surface area contributed by atoms with Gasteiger partial charge in [0.1, 0.15) is 17.2 Å². The first-order valence-electron chi connectivity index (χ1n) is 5.15. The maximum Gasteiger partial charge on any atom is 0.148 e. The lowest BCUT2D eigenvalue weighted by atomic mass is 10.1. The average Bonchev–Trinajstić information content (AvgIpc) is 2.63. The second kappa shape index (κ2) is 4.77. The normalized spacial score (nSPS) is 25.5. The van der Waals surface area contributed by atoms with Crippen molar-refractivity contribution in [1.82, 2.24) is 9.97 Å². The van der Waals surface area contributed by atoms with E-state index in [2.05, 4.69) is 15.3 Å². The minimum atomic E-state index is -0.182. The van der Waals surface area contributed by atoms with Crippen molar-refractivity contribution < 1.29 is 5.11 Å². The lowest BCUT2D eigenvalue weighted by Gasteiger charge is -2.15. The SMILES string of the molecule is OC1CCCC1CNc1ncncc1Cl. The van der Waals surface area contributed by atoms with E-state index in [1.165, 1.54) is 6.33 Å². The van der Waals surface area contributed by atoms with Crippen LogP contribution in [0.2, 0.25) is 5.02 Å². The molecule has 0 saturated heterocycles. The average molecular weight is 228 g/mol. The molecule has 15 heavy (non-hydrogen) atoms. The van der Waals surface area contributed by atoms with Gasteiger partial charge in [-0.05, 0) is 12.8 Å². The Labute approximate surface area is 93.7 Å². The van der Waals surface area contributed by atoms with Crippen LogP contribution in [0.3, 0.4) is 0 Å². The second-order valence-corrected chi connectivity index (χ2v) is 4.27. The smallest absolute Gasteiger partial charge is 0.148 e. The Balaban J connectivity index is 1.90. The number of aliphatic hydroxyl groups is 1. The summed E-state index contributed by atoms with van der Waals surface area (Å²) in [4.78, 5) is 7.84. The van der Waals surface area contributed by atoms with Gasteiger partial charge in [-0.15, -0.1) is 0 Å². The van der Waals surface area contributed by atoms with E-state index in [0.29, 0.717) is 16.8 Å². The third kappa shape index (κ3) is 2.58. The predicted molar refractivity (Wildman–Crippen MR) is 58.9 cm³/mol. The second-order valence-electron chi connectivity index (χ2n) is 3.86. The molecule has 2 rings (SSSR count). The number of hydrogen-bond acceptors (Lipinski definition) is 4. The molecule has 4 nitrogen and oxygen atoms in total. The highest BCUT2D eigenvalue weighted by molar-refractivity contribution is 6.32. The topological polar surface area (TPSA) is 58.0 Å². The van der Waals surface area contributed by atoms with E-state index in [0.717, 1.165) is 25.8 Å². The molecule has 1 heterocycles. The predicted octanol–water partition coefficient (Wildman–Crippen LogP) is 1.70. The Morgan fingerprint density at radius 2 is 2.40 bits per heavy atom. The zero-order valence-corrected chi connectivity index (χ0v) is 9.11. The Morgan fingerprint density at radius 3 is 3.07 bits per heavy atom.